The minimum atomic E-state index is -0.412. The van der Waals surface area contributed by atoms with Crippen molar-refractivity contribution >= 4 is 46.0 Å². The lowest BCUT2D eigenvalue weighted by Gasteiger charge is -2.14. The summed E-state index contributed by atoms with van der Waals surface area (Å²) in [4.78, 5) is 12.8. The number of nitrogens with one attached hydrogen (secondary N) is 1. The van der Waals surface area contributed by atoms with E-state index in [-0.39, 0.29) is 12.2 Å². The highest BCUT2D eigenvalue weighted by molar-refractivity contribution is 6.35. The first-order valence-corrected chi connectivity index (χ1v) is 12.3. The average molecular weight is 515 g/mol. The van der Waals surface area contributed by atoms with Gasteiger partial charge in [-0.1, -0.05) is 89.9 Å². The largest absolute Gasteiger partial charge is 0.488 e. The van der Waals surface area contributed by atoms with Crippen LogP contribution in [0.2, 0.25) is 10.0 Å². The summed E-state index contributed by atoms with van der Waals surface area (Å²) in [6.45, 7) is 0.684. The molecule has 0 saturated carbocycles. The Bertz CT molecular complexity index is 1440. The molecule has 0 unspecified atom stereocenters. The molecule has 0 aliphatic rings. The van der Waals surface area contributed by atoms with E-state index in [1.54, 1.807) is 18.2 Å². The number of aryl methyl sites for hydroxylation is 1. The van der Waals surface area contributed by atoms with E-state index in [0.29, 0.717) is 27.9 Å². The molecule has 36 heavy (non-hydrogen) atoms. The number of hydrogen-bond acceptors (Lipinski definition) is 3. The van der Waals surface area contributed by atoms with Crippen molar-refractivity contribution < 1.29 is 9.53 Å². The van der Waals surface area contributed by atoms with Crippen LogP contribution in [0.5, 0.6) is 5.75 Å². The SMILES string of the molecule is N#C/C(=C/c1c(OCc2ccc(Cl)cc2Cl)ccc2ccccc12)C(=O)NCCCc1ccccc1. The van der Waals surface area contributed by atoms with Crippen LogP contribution in [0.4, 0.5) is 0 Å². The highest BCUT2D eigenvalue weighted by atomic mass is 35.5. The van der Waals surface area contributed by atoms with Crippen LogP contribution in [0.3, 0.4) is 0 Å². The van der Waals surface area contributed by atoms with Crippen LogP contribution >= 0.6 is 23.2 Å². The van der Waals surface area contributed by atoms with E-state index in [0.717, 1.165) is 29.2 Å². The van der Waals surface area contributed by atoms with E-state index >= 15 is 0 Å². The molecule has 1 N–H and O–H groups in total. The number of nitriles is 1. The lowest BCUT2D eigenvalue weighted by atomic mass is 10.0. The number of carbonyl (C=O) groups excluding carboxylic acids is 1. The molecule has 4 rings (SSSR count). The molecule has 4 aromatic carbocycles. The lowest BCUT2D eigenvalue weighted by Crippen LogP contribution is -2.25. The van der Waals surface area contributed by atoms with Crippen molar-refractivity contribution in [1.82, 2.24) is 5.32 Å². The Morgan fingerprint density at radius 1 is 0.972 bits per heavy atom. The van der Waals surface area contributed by atoms with Crippen molar-refractivity contribution in [3.63, 3.8) is 0 Å². The Kier molecular flexibility index (Phi) is 8.62. The molecule has 180 valence electrons. The molecule has 0 spiro atoms. The van der Waals surface area contributed by atoms with Gasteiger partial charge in [-0.3, -0.25) is 4.79 Å². The molecular weight excluding hydrogens is 491 g/mol. The molecule has 0 radical (unpaired) electrons. The zero-order chi connectivity index (χ0) is 25.3. The number of carbonyl (C=O) groups is 1. The Morgan fingerprint density at radius 2 is 1.75 bits per heavy atom. The van der Waals surface area contributed by atoms with Gasteiger partial charge >= 0.3 is 0 Å². The predicted molar refractivity (Wildman–Crippen MR) is 146 cm³/mol. The molecule has 0 saturated heterocycles. The van der Waals surface area contributed by atoms with Crippen molar-refractivity contribution in [3.05, 3.63) is 117 Å². The van der Waals surface area contributed by atoms with Crippen LogP contribution in [0.15, 0.2) is 90.5 Å². The van der Waals surface area contributed by atoms with Gasteiger partial charge in [0.1, 0.15) is 24.0 Å². The van der Waals surface area contributed by atoms with E-state index in [1.807, 2.05) is 66.7 Å². The lowest BCUT2D eigenvalue weighted by molar-refractivity contribution is -0.117. The van der Waals surface area contributed by atoms with Crippen LogP contribution in [0, 0.1) is 11.3 Å². The maximum Gasteiger partial charge on any atom is 0.261 e. The van der Waals surface area contributed by atoms with Crippen LogP contribution in [0.25, 0.3) is 16.8 Å². The highest BCUT2D eigenvalue weighted by Gasteiger charge is 2.14. The fourth-order valence-corrected chi connectivity index (χ4v) is 4.33. The van der Waals surface area contributed by atoms with Crippen LogP contribution in [0.1, 0.15) is 23.1 Å². The van der Waals surface area contributed by atoms with E-state index < -0.39 is 5.91 Å². The molecule has 0 aromatic heterocycles. The summed E-state index contributed by atoms with van der Waals surface area (Å²) in [5.74, 6) is 0.134. The smallest absolute Gasteiger partial charge is 0.261 e. The minimum Gasteiger partial charge on any atom is -0.488 e. The predicted octanol–water partition coefficient (Wildman–Crippen LogP) is 7.38. The van der Waals surface area contributed by atoms with Crippen LogP contribution < -0.4 is 10.1 Å². The first-order valence-electron chi connectivity index (χ1n) is 11.6. The van der Waals surface area contributed by atoms with Gasteiger partial charge < -0.3 is 10.1 Å². The number of halogens is 2. The zero-order valence-electron chi connectivity index (χ0n) is 19.5. The molecule has 0 aliphatic heterocycles. The maximum atomic E-state index is 12.8. The van der Waals surface area contributed by atoms with Crippen molar-refractivity contribution in [2.75, 3.05) is 6.54 Å². The summed E-state index contributed by atoms with van der Waals surface area (Å²) in [5.41, 5.74) is 2.66. The van der Waals surface area contributed by atoms with Gasteiger partial charge in [-0.05, 0) is 53.5 Å². The molecule has 0 bridgehead atoms. The second-order valence-electron chi connectivity index (χ2n) is 8.24. The van der Waals surface area contributed by atoms with Gasteiger partial charge in [0.15, 0.2) is 0 Å². The Morgan fingerprint density at radius 3 is 2.53 bits per heavy atom. The molecule has 0 atom stereocenters. The highest BCUT2D eigenvalue weighted by Crippen LogP contribution is 2.32. The topological polar surface area (TPSA) is 62.1 Å². The van der Waals surface area contributed by atoms with E-state index in [2.05, 4.69) is 17.4 Å². The molecule has 0 aliphatic carbocycles. The summed E-state index contributed by atoms with van der Waals surface area (Å²) in [6, 6.07) is 28.9. The molecule has 1 amide bonds. The van der Waals surface area contributed by atoms with Crippen molar-refractivity contribution in [2.24, 2.45) is 0 Å². The quantitative estimate of drug-likeness (QED) is 0.144. The summed E-state index contributed by atoms with van der Waals surface area (Å²) < 4.78 is 6.11. The number of nitrogens with zero attached hydrogens (tertiary/aromatic N) is 1. The monoisotopic (exact) mass is 514 g/mol. The summed E-state index contributed by atoms with van der Waals surface area (Å²) in [7, 11) is 0. The number of ether oxygens (including phenoxy) is 1. The van der Waals surface area contributed by atoms with E-state index in [9.17, 15) is 10.1 Å². The Hall–Kier alpha value is -3.78. The third-order valence-electron chi connectivity index (χ3n) is 5.75. The second kappa shape index (κ2) is 12.3. The van der Waals surface area contributed by atoms with E-state index in [4.69, 9.17) is 27.9 Å². The van der Waals surface area contributed by atoms with Gasteiger partial charge in [-0.2, -0.15) is 5.26 Å². The molecule has 0 fully saturated rings. The fourth-order valence-electron chi connectivity index (χ4n) is 3.87. The van der Waals surface area contributed by atoms with Crippen molar-refractivity contribution in [3.8, 4) is 11.8 Å². The average Bonchev–Trinajstić information content (AvgIpc) is 2.90. The molecule has 0 heterocycles. The van der Waals surface area contributed by atoms with Gasteiger partial charge in [0.05, 0.1) is 0 Å². The van der Waals surface area contributed by atoms with Crippen molar-refractivity contribution in [1.29, 1.82) is 5.26 Å². The molecule has 6 heteroatoms. The number of amides is 1. The number of benzene rings is 4. The van der Waals surface area contributed by atoms with Crippen LogP contribution in [-0.4, -0.2) is 12.5 Å². The standard InChI is InChI=1S/C30H24Cl2N2O2/c31-25-14-12-23(28(32)18-25)20-36-29-15-13-22-10-4-5-11-26(22)27(29)17-24(19-33)30(35)34-16-6-9-21-7-2-1-3-8-21/h1-5,7-8,10-15,17-18H,6,9,16,20H2,(H,34,35)/b24-17-. The number of fused-ring (bicyclic) bond motifs is 1. The minimum absolute atomic E-state index is 0.0143. The summed E-state index contributed by atoms with van der Waals surface area (Å²) >= 11 is 12.3. The van der Waals surface area contributed by atoms with Crippen LogP contribution in [-0.2, 0) is 17.8 Å². The summed E-state index contributed by atoms with van der Waals surface area (Å²) in [5, 5.41) is 15.5. The first-order chi connectivity index (χ1) is 17.5. The Labute approximate surface area is 220 Å². The third-order valence-corrected chi connectivity index (χ3v) is 6.34. The van der Waals surface area contributed by atoms with E-state index in [1.165, 1.54) is 5.56 Å². The van der Waals surface area contributed by atoms with Gasteiger partial charge in [0.2, 0.25) is 0 Å². The van der Waals surface area contributed by atoms with Gasteiger partial charge in [-0.25, -0.2) is 0 Å². The number of rotatable bonds is 9. The zero-order valence-corrected chi connectivity index (χ0v) is 21.0. The third kappa shape index (κ3) is 6.46. The number of hydrogen-bond donors (Lipinski definition) is 1. The molecule has 4 nitrogen and oxygen atoms in total. The maximum absolute atomic E-state index is 12.8. The molecular formula is C30H24Cl2N2O2. The Balaban J connectivity index is 1.54. The molecule has 4 aromatic rings. The first kappa shape index (κ1) is 25.3. The van der Waals surface area contributed by atoms with Gasteiger partial charge in [0.25, 0.3) is 5.91 Å². The van der Waals surface area contributed by atoms with Gasteiger partial charge in [-0.15, -0.1) is 0 Å². The van der Waals surface area contributed by atoms with Gasteiger partial charge in [0, 0.05) is 27.7 Å². The normalized spacial score (nSPS) is 11.2. The summed E-state index contributed by atoms with van der Waals surface area (Å²) in [6.07, 6.45) is 3.22. The second-order valence-corrected chi connectivity index (χ2v) is 9.08. The van der Waals surface area contributed by atoms with Crippen molar-refractivity contribution in [2.45, 2.75) is 19.4 Å². The fraction of sp³-hybridized carbons (Fsp3) is 0.133.